The fourth-order valence-electron chi connectivity index (χ4n) is 2.08. The van der Waals surface area contributed by atoms with Crippen molar-refractivity contribution in [1.82, 2.24) is 4.90 Å². The Bertz CT molecular complexity index is 685. The predicted molar refractivity (Wildman–Crippen MR) is 78.7 cm³/mol. The van der Waals surface area contributed by atoms with E-state index in [2.05, 4.69) is 0 Å². The van der Waals surface area contributed by atoms with Crippen molar-refractivity contribution in [2.75, 3.05) is 7.05 Å². The van der Waals surface area contributed by atoms with E-state index in [1.165, 1.54) is 30.1 Å². The summed E-state index contributed by atoms with van der Waals surface area (Å²) in [5, 5.41) is 0.464. The number of halogens is 4. The third kappa shape index (κ3) is 3.60. The van der Waals surface area contributed by atoms with Gasteiger partial charge in [-0.2, -0.15) is 13.2 Å². The molecule has 2 nitrogen and oxygen atoms in total. The average Bonchev–Trinajstić information content (AvgIpc) is 2.48. The van der Waals surface area contributed by atoms with Crippen molar-refractivity contribution in [2.24, 2.45) is 0 Å². The van der Waals surface area contributed by atoms with E-state index < -0.39 is 17.6 Å². The average molecular weight is 328 g/mol. The Kier molecular flexibility index (Phi) is 4.76. The molecule has 6 heteroatoms. The Morgan fingerprint density at radius 2 is 1.68 bits per heavy atom. The van der Waals surface area contributed by atoms with Crippen molar-refractivity contribution in [3.63, 3.8) is 0 Å². The second-order valence-electron chi connectivity index (χ2n) is 4.80. The summed E-state index contributed by atoms with van der Waals surface area (Å²) in [4.78, 5) is 13.5. The van der Waals surface area contributed by atoms with Crippen LogP contribution in [0.3, 0.4) is 0 Å². The molecule has 0 heterocycles. The third-order valence-corrected chi connectivity index (χ3v) is 3.54. The number of rotatable bonds is 3. The standard InChI is InChI=1S/C16H13ClF3NO/c1-21(10-11-6-2-5-9-14(11)17)15(22)12-7-3-4-8-13(12)16(18,19)20/h2-9H,10H2,1H3. The molecular weight excluding hydrogens is 315 g/mol. The van der Waals surface area contributed by atoms with Gasteiger partial charge in [0, 0.05) is 18.6 Å². The van der Waals surface area contributed by atoms with Crippen LogP contribution in [0.4, 0.5) is 13.2 Å². The lowest BCUT2D eigenvalue weighted by Crippen LogP contribution is -2.28. The minimum atomic E-state index is -4.57. The van der Waals surface area contributed by atoms with Crippen molar-refractivity contribution < 1.29 is 18.0 Å². The van der Waals surface area contributed by atoms with Crippen LogP contribution in [0.15, 0.2) is 48.5 Å². The van der Waals surface area contributed by atoms with E-state index in [1.54, 1.807) is 24.3 Å². The van der Waals surface area contributed by atoms with E-state index in [9.17, 15) is 18.0 Å². The first-order chi connectivity index (χ1) is 10.3. The number of nitrogens with zero attached hydrogens (tertiary/aromatic N) is 1. The molecule has 2 rings (SSSR count). The van der Waals surface area contributed by atoms with Gasteiger partial charge in [-0.15, -0.1) is 0 Å². The monoisotopic (exact) mass is 327 g/mol. The maximum Gasteiger partial charge on any atom is 0.417 e. The highest BCUT2D eigenvalue weighted by Crippen LogP contribution is 2.32. The van der Waals surface area contributed by atoms with Gasteiger partial charge in [0.2, 0.25) is 0 Å². The highest BCUT2D eigenvalue weighted by molar-refractivity contribution is 6.31. The van der Waals surface area contributed by atoms with E-state index in [4.69, 9.17) is 11.6 Å². The number of hydrogen-bond acceptors (Lipinski definition) is 1. The van der Waals surface area contributed by atoms with Gasteiger partial charge in [-0.25, -0.2) is 0 Å². The van der Waals surface area contributed by atoms with Gasteiger partial charge in [-0.3, -0.25) is 4.79 Å². The number of amides is 1. The number of benzene rings is 2. The number of carbonyl (C=O) groups excluding carboxylic acids is 1. The first kappa shape index (κ1) is 16.4. The largest absolute Gasteiger partial charge is 0.417 e. The smallest absolute Gasteiger partial charge is 0.337 e. The molecule has 0 saturated heterocycles. The van der Waals surface area contributed by atoms with Crippen molar-refractivity contribution >= 4 is 17.5 Å². The summed E-state index contributed by atoms with van der Waals surface area (Å²) in [6.45, 7) is 0.130. The van der Waals surface area contributed by atoms with Crippen molar-refractivity contribution in [2.45, 2.75) is 12.7 Å². The van der Waals surface area contributed by atoms with Crippen LogP contribution in [-0.4, -0.2) is 17.9 Å². The molecule has 0 radical (unpaired) electrons. The molecule has 1 amide bonds. The molecule has 0 atom stereocenters. The molecular formula is C16H13ClF3NO. The Morgan fingerprint density at radius 1 is 1.09 bits per heavy atom. The highest BCUT2D eigenvalue weighted by Gasteiger charge is 2.35. The van der Waals surface area contributed by atoms with Gasteiger partial charge < -0.3 is 4.90 Å². The van der Waals surface area contributed by atoms with E-state index in [0.717, 1.165) is 6.07 Å². The normalized spacial score (nSPS) is 11.3. The summed E-state index contributed by atoms with van der Waals surface area (Å²) in [5.74, 6) is -0.701. The molecule has 0 aliphatic heterocycles. The van der Waals surface area contributed by atoms with Crippen LogP contribution in [0.25, 0.3) is 0 Å². The van der Waals surface area contributed by atoms with Crippen LogP contribution in [0, 0.1) is 0 Å². The van der Waals surface area contributed by atoms with Crippen LogP contribution in [0.2, 0.25) is 5.02 Å². The van der Waals surface area contributed by atoms with Gasteiger partial charge in [0.1, 0.15) is 0 Å². The third-order valence-electron chi connectivity index (χ3n) is 3.17. The molecule has 0 aliphatic carbocycles. The minimum Gasteiger partial charge on any atom is -0.337 e. The fraction of sp³-hybridized carbons (Fsp3) is 0.188. The Balaban J connectivity index is 2.27. The van der Waals surface area contributed by atoms with Crippen LogP contribution in [-0.2, 0) is 12.7 Å². The van der Waals surface area contributed by atoms with E-state index in [0.29, 0.717) is 10.6 Å². The topological polar surface area (TPSA) is 20.3 Å². The molecule has 0 aromatic heterocycles. The summed E-state index contributed by atoms with van der Waals surface area (Å²) < 4.78 is 38.9. The van der Waals surface area contributed by atoms with Gasteiger partial charge in [-0.05, 0) is 23.8 Å². The zero-order valence-corrected chi connectivity index (χ0v) is 12.4. The number of carbonyl (C=O) groups is 1. The second kappa shape index (κ2) is 6.40. The molecule has 0 fully saturated rings. The number of hydrogen-bond donors (Lipinski definition) is 0. The first-order valence-electron chi connectivity index (χ1n) is 6.46. The van der Waals surface area contributed by atoms with Crippen LogP contribution >= 0.6 is 11.6 Å². The minimum absolute atomic E-state index is 0.130. The van der Waals surface area contributed by atoms with Crippen molar-refractivity contribution in [3.05, 3.63) is 70.2 Å². The quantitative estimate of drug-likeness (QED) is 0.804. The van der Waals surface area contributed by atoms with E-state index >= 15 is 0 Å². The van der Waals surface area contributed by atoms with E-state index in [-0.39, 0.29) is 12.1 Å². The van der Waals surface area contributed by atoms with Gasteiger partial charge >= 0.3 is 6.18 Å². The Labute approximate surface area is 131 Å². The van der Waals surface area contributed by atoms with Crippen LogP contribution < -0.4 is 0 Å². The van der Waals surface area contributed by atoms with Crippen molar-refractivity contribution in [1.29, 1.82) is 0 Å². The molecule has 2 aromatic carbocycles. The summed E-state index contributed by atoms with van der Waals surface area (Å²) in [6.07, 6.45) is -4.57. The Morgan fingerprint density at radius 3 is 2.32 bits per heavy atom. The van der Waals surface area contributed by atoms with Gasteiger partial charge in [0.25, 0.3) is 5.91 Å². The van der Waals surface area contributed by atoms with Crippen LogP contribution in [0.5, 0.6) is 0 Å². The molecule has 116 valence electrons. The van der Waals surface area contributed by atoms with Gasteiger partial charge in [0.05, 0.1) is 11.1 Å². The van der Waals surface area contributed by atoms with Gasteiger partial charge in [-0.1, -0.05) is 41.9 Å². The SMILES string of the molecule is CN(Cc1ccccc1Cl)C(=O)c1ccccc1C(F)(F)F. The maximum absolute atomic E-state index is 13.0. The lowest BCUT2D eigenvalue weighted by molar-refractivity contribution is -0.138. The first-order valence-corrected chi connectivity index (χ1v) is 6.83. The van der Waals surface area contributed by atoms with Crippen LogP contribution in [0.1, 0.15) is 21.5 Å². The van der Waals surface area contributed by atoms with Crippen molar-refractivity contribution in [3.8, 4) is 0 Å². The zero-order chi connectivity index (χ0) is 16.3. The lowest BCUT2D eigenvalue weighted by Gasteiger charge is -2.20. The summed E-state index contributed by atoms with van der Waals surface area (Å²) in [6, 6.07) is 11.6. The molecule has 0 bridgehead atoms. The highest BCUT2D eigenvalue weighted by atomic mass is 35.5. The fourth-order valence-corrected chi connectivity index (χ4v) is 2.27. The Hall–Kier alpha value is -2.01. The molecule has 0 N–H and O–H groups in total. The predicted octanol–water partition coefficient (Wildman–Crippen LogP) is 4.63. The summed E-state index contributed by atoms with van der Waals surface area (Å²) in [5.41, 5.74) is -0.639. The molecule has 0 aliphatic rings. The maximum atomic E-state index is 13.0. The van der Waals surface area contributed by atoms with E-state index in [1.807, 2.05) is 0 Å². The summed E-state index contributed by atoms with van der Waals surface area (Å²) >= 11 is 6.00. The second-order valence-corrected chi connectivity index (χ2v) is 5.20. The van der Waals surface area contributed by atoms with Gasteiger partial charge in [0.15, 0.2) is 0 Å². The molecule has 0 saturated carbocycles. The molecule has 0 spiro atoms. The summed E-state index contributed by atoms with van der Waals surface area (Å²) in [7, 11) is 1.44. The molecule has 22 heavy (non-hydrogen) atoms. The molecule has 2 aromatic rings. The zero-order valence-electron chi connectivity index (χ0n) is 11.7. The molecule has 0 unspecified atom stereocenters. The lowest BCUT2D eigenvalue weighted by atomic mass is 10.1. The number of alkyl halides is 3.